The van der Waals surface area contributed by atoms with Crippen LogP contribution in [-0.2, 0) is 9.53 Å². The maximum atomic E-state index is 12.7. The molecule has 1 atom stereocenters. The van der Waals surface area contributed by atoms with Gasteiger partial charge in [0.2, 0.25) is 11.1 Å². The van der Waals surface area contributed by atoms with Crippen LogP contribution in [0.2, 0.25) is 0 Å². The van der Waals surface area contributed by atoms with Crippen LogP contribution in [0.15, 0.2) is 50.3 Å². The Labute approximate surface area is 164 Å². The molecule has 0 bridgehead atoms. The fourth-order valence-corrected chi connectivity index (χ4v) is 3.60. The molecule has 2 aromatic heterocycles. The molecule has 0 aliphatic carbocycles. The van der Waals surface area contributed by atoms with Gasteiger partial charge in [0.25, 0.3) is 0 Å². The normalized spacial score (nSPS) is 16.2. The van der Waals surface area contributed by atoms with Gasteiger partial charge in [0.05, 0.1) is 5.57 Å². The molecule has 1 aliphatic rings. The Morgan fingerprint density at radius 2 is 2.38 bits per heavy atom. The van der Waals surface area contributed by atoms with Crippen molar-refractivity contribution in [2.75, 3.05) is 17.7 Å². The van der Waals surface area contributed by atoms with E-state index in [0.29, 0.717) is 32.8 Å². The predicted octanol–water partition coefficient (Wildman–Crippen LogP) is 4.15. The number of thioether (sulfide) groups is 1. The van der Waals surface area contributed by atoms with Crippen molar-refractivity contribution < 1.29 is 13.9 Å². The zero-order chi connectivity index (χ0) is 18.7. The van der Waals surface area contributed by atoms with Crippen LogP contribution in [0.1, 0.15) is 32.1 Å². The minimum Gasteiger partial charge on any atom is -0.458 e. The largest absolute Gasteiger partial charge is 0.458 e. The van der Waals surface area contributed by atoms with E-state index in [1.54, 1.807) is 28.6 Å². The summed E-state index contributed by atoms with van der Waals surface area (Å²) in [6.45, 7) is 7.63. The third-order valence-electron chi connectivity index (χ3n) is 3.68. The summed E-state index contributed by atoms with van der Waals surface area (Å²) in [5.74, 6) is 1.61. The number of esters is 1. The first-order valence-corrected chi connectivity index (χ1v) is 9.93. The first-order valence-electron chi connectivity index (χ1n) is 8.15. The van der Waals surface area contributed by atoms with E-state index in [1.165, 1.54) is 6.08 Å². The molecule has 1 unspecified atom stereocenters. The van der Waals surface area contributed by atoms with Crippen LogP contribution >= 0.6 is 27.7 Å². The van der Waals surface area contributed by atoms with Crippen molar-refractivity contribution in [2.45, 2.75) is 31.5 Å². The quantitative estimate of drug-likeness (QED) is 0.394. The van der Waals surface area contributed by atoms with Gasteiger partial charge >= 0.3 is 5.97 Å². The monoisotopic (exact) mass is 438 g/mol. The number of anilines is 1. The van der Waals surface area contributed by atoms with Crippen molar-refractivity contribution in [1.29, 1.82) is 0 Å². The average Bonchev–Trinajstić information content (AvgIpc) is 3.22. The predicted molar refractivity (Wildman–Crippen MR) is 103 cm³/mol. The Morgan fingerprint density at radius 1 is 1.58 bits per heavy atom. The molecular formula is C17H19BrN4O3S. The second kappa shape index (κ2) is 8.13. The van der Waals surface area contributed by atoms with E-state index in [1.807, 2.05) is 6.92 Å². The first-order chi connectivity index (χ1) is 12.5. The molecule has 0 spiro atoms. The van der Waals surface area contributed by atoms with Crippen LogP contribution < -0.4 is 5.32 Å². The van der Waals surface area contributed by atoms with E-state index in [2.05, 4.69) is 44.8 Å². The molecule has 3 heterocycles. The zero-order valence-electron chi connectivity index (χ0n) is 14.5. The average molecular weight is 439 g/mol. The number of halogens is 1. The third kappa shape index (κ3) is 3.73. The molecule has 0 aromatic carbocycles. The summed E-state index contributed by atoms with van der Waals surface area (Å²) < 4.78 is 13.2. The van der Waals surface area contributed by atoms with E-state index in [-0.39, 0.29) is 6.61 Å². The molecule has 7 nitrogen and oxygen atoms in total. The Kier molecular flexibility index (Phi) is 5.87. The summed E-state index contributed by atoms with van der Waals surface area (Å²) >= 11 is 4.89. The lowest BCUT2D eigenvalue weighted by Gasteiger charge is -2.26. The summed E-state index contributed by atoms with van der Waals surface area (Å²) in [5.41, 5.74) is 1.08. The highest BCUT2D eigenvalue weighted by Crippen LogP contribution is 2.38. The standard InChI is InChI=1S/C17H19BrN4O3S/c1-4-8-24-15(23)13-10(3)19-16-20-17(26-9-5-2)21-22(16)14(13)11-6-7-12(18)25-11/h4,6-7,14H,1,5,8-9H2,2-3H3,(H,19,20,21). The number of carbonyl (C=O) groups excluding carboxylic acids is 1. The minimum absolute atomic E-state index is 0.131. The number of nitrogens with one attached hydrogen (secondary N) is 1. The number of rotatable bonds is 7. The van der Waals surface area contributed by atoms with Gasteiger partial charge in [-0.15, -0.1) is 5.10 Å². The van der Waals surface area contributed by atoms with Crippen LogP contribution in [0.4, 0.5) is 5.95 Å². The van der Waals surface area contributed by atoms with Crippen molar-refractivity contribution in [2.24, 2.45) is 0 Å². The van der Waals surface area contributed by atoms with Crippen molar-refractivity contribution in [1.82, 2.24) is 14.8 Å². The highest BCUT2D eigenvalue weighted by molar-refractivity contribution is 9.10. The van der Waals surface area contributed by atoms with Crippen LogP contribution in [0.25, 0.3) is 0 Å². The molecule has 0 amide bonds. The molecule has 1 aliphatic heterocycles. The fraction of sp³-hybridized carbons (Fsp3) is 0.353. The number of carbonyl (C=O) groups is 1. The van der Waals surface area contributed by atoms with Crippen molar-refractivity contribution >= 4 is 39.6 Å². The summed E-state index contributed by atoms with van der Waals surface area (Å²) in [4.78, 5) is 17.2. The lowest BCUT2D eigenvalue weighted by Crippen LogP contribution is -2.29. The molecule has 138 valence electrons. The van der Waals surface area contributed by atoms with Gasteiger partial charge in [-0.2, -0.15) is 4.98 Å². The number of aromatic nitrogens is 3. The lowest BCUT2D eigenvalue weighted by atomic mass is 10.0. The topological polar surface area (TPSA) is 82.2 Å². The molecule has 2 aromatic rings. The lowest BCUT2D eigenvalue weighted by molar-refractivity contribution is -0.138. The second-order valence-electron chi connectivity index (χ2n) is 5.61. The minimum atomic E-state index is -0.557. The summed E-state index contributed by atoms with van der Waals surface area (Å²) in [6, 6.07) is 3.03. The van der Waals surface area contributed by atoms with Crippen molar-refractivity contribution in [3.05, 3.63) is 46.5 Å². The Balaban J connectivity index is 2.04. The molecular weight excluding hydrogens is 420 g/mol. The zero-order valence-corrected chi connectivity index (χ0v) is 16.9. The highest BCUT2D eigenvalue weighted by atomic mass is 79.9. The van der Waals surface area contributed by atoms with Crippen molar-refractivity contribution in [3.8, 4) is 0 Å². The SMILES string of the molecule is C=CCOC(=O)C1=C(C)Nc2nc(SCCC)nn2C1c1ccc(Br)o1. The van der Waals surface area contributed by atoms with Crippen molar-refractivity contribution in [3.63, 3.8) is 0 Å². The fourth-order valence-electron chi connectivity index (χ4n) is 2.60. The summed E-state index contributed by atoms with van der Waals surface area (Å²) in [6.07, 6.45) is 2.55. The molecule has 0 saturated carbocycles. The number of nitrogens with zero attached hydrogens (tertiary/aromatic N) is 3. The summed E-state index contributed by atoms with van der Waals surface area (Å²) in [7, 11) is 0. The number of allylic oxidation sites excluding steroid dienone is 1. The molecule has 1 N–H and O–H groups in total. The molecule has 9 heteroatoms. The van der Waals surface area contributed by atoms with Gasteiger partial charge in [-0.05, 0) is 41.4 Å². The van der Waals surface area contributed by atoms with Gasteiger partial charge in [-0.1, -0.05) is 31.3 Å². The Morgan fingerprint density at radius 3 is 3.04 bits per heavy atom. The van der Waals surface area contributed by atoms with E-state index >= 15 is 0 Å². The maximum Gasteiger partial charge on any atom is 0.338 e. The number of fused-ring (bicyclic) bond motifs is 1. The van der Waals surface area contributed by atoms with Gasteiger partial charge in [-0.25, -0.2) is 9.48 Å². The van der Waals surface area contributed by atoms with Crippen LogP contribution in [-0.4, -0.2) is 33.1 Å². The molecule has 0 radical (unpaired) electrons. The number of hydrogen-bond acceptors (Lipinski definition) is 7. The number of furan rings is 1. The summed E-state index contributed by atoms with van der Waals surface area (Å²) in [5, 5.41) is 8.37. The van der Waals surface area contributed by atoms with Crippen LogP contribution in [0.5, 0.6) is 0 Å². The van der Waals surface area contributed by atoms with Crippen LogP contribution in [0, 0.1) is 0 Å². The van der Waals surface area contributed by atoms with Gasteiger partial charge < -0.3 is 14.5 Å². The first kappa shape index (κ1) is 18.8. The smallest absolute Gasteiger partial charge is 0.338 e. The molecule has 26 heavy (non-hydrogen) atoms. The number of ether oxygens (including phenoxy) is 1. The maximum absolute atomic E-state index is 12.7. The highest BCUT2D eigenvalue weighted by Gasteiger charge is 2.37. The van der Waals surface area contributed by atoms with Gasteiger partial charge in [-0.3, -0.25) is 0 Å². The second-order valence-corrected chi connectivity index (χ2v) is 7.45. The van der Waals surface area contributed by atoms with E-state index in [9.17, 15) is 4.79 Å². The van der Waals surface area contributed by atoms with Crippen LogP contribution in [0.3, 0.4) is 0 Å². The Hall–Kier alpha value is -2.00. The molecule has 0 saturated heterocycles. The Bertz CT molecular complexity index is 858. The number of hydrogen-bond donors (Lipinski definition) is 1. The van der Waals surface area contributed by atoms with E-state index in [4.69, 9.17) is 9.15 Å². The van der Waals surface area contributed by atoms with E-state index < -0.39 is 12.0 Å². The molecule has 3 rings (SSSR count). The molecule has 0 fully saturated rings. The van der Waals surface area contributed by atoms with E-state index in [0.717, 1.165) is 12.2 Å². The van der Waals surface area contributed by atoms with Gasteiger partial charge in [0.15, 0.2) is 4.67 Å². The van der Waals surface area contributed by atoms with Gasteiger partial charge in [0, 0.05) is 11.4 Å². The van der Waals surface area contributed by atoms with Gasteiger partial charge in [0.1, 0.15) is 18.4 Å². The third-order valence-corrected chi connectivity index (χ3v) is 5.15.